The number of nitro benzene ring substituents is 1. The molecule has 1 aromatic heterocycles. The summed E-state index contributed by atoms with van der Waals surface area (Å²) < 4.78 is 18.6. The van der Waals surface area contributed by atoms with E-state index in [4.69, 9.17) is 21.4 Å². The normalized spacial score (nSPS) is 10.6. The van der Waals surface area contributed by atoms with Crippen LogP contribution in [-0.2, 0) is 6.61 Å². The lowest BCUT2D eigenvalue weighted by molar-refractivity contribution is -0.385. The van der Waals surface area contributed by atoms with Crippen LogP contribution in [0.5, 0.6) is 10.9 Å². The molecule has 1 heterocycles. The molecule has 0 unspecified atom stereocenters. The summed E-state index contributed by atoms with van der Waals surface area (Å²) >= 11 is 9.49. The summed E-state index contributed by atoms with van der Waals surface area (Å²) in [5, 5.41) is 19.9. The first-order chi connectivity index (χ1) is 9.42. The number of ether oxygens (including phenoxy) is 1. The van der Waals surface area contributed by atoms with Crippen LogP contribution in [0.3, 0.4) is 0 Å². The lowest BCUT2D eigenvalue weighted by atomic mass is 10.3. The minimum atomic E-state index is -0.712. The molecule has 0 amide bonds. The van der Waals surface area contributed by atoms with Crippen LogP contribution in [0, 0.1) is 15.9 Å². The molecule has 0 atom stereocenters. The summed E-state index contributed by atoms with van der Waals surface area (Å²) in [6.45, 7) is -0.337. The molecule has 2 rings (SSSR count). The van der Waals surface area contributed by atoms with E-state index in [-0.39, 0.29) is 27.2 Å². The summed E-state index contributed by atoms with van der Waals surface area (Å²) in [7, 11) is 0. The predicted octanol–water partition coefficient (Wildman–Crippen LogP) is 3.89. The molecule has 106 valence electrons. The van der Waals surface area contributed by atoms with Crippen molar-refractivity contribution < 1.29 is 19.2 Å². The van der Waals surface area contributed by atoms with Crippen LogP contribution < -0.4 is 4.74 Å². The van der Waals surface area contributed by atoms with Crippen LogP contribution in [0.1, 0.15) is 4.88 Å². The zero-order valence-corrected chi connectivity index (χ0v) is 12.6. The van der Waals surface area contributed by atoms with Gasteiger partial charge in [0.25, 0.3) is 5.19 Å². The van der Waals surface area contributed by atoms with Gasteiger partial charge in [-0.25, -0.2) is 4.39 Å². The van der Waals surface area contributed by atoms with Crippen LogP contribution in [-0.4, -0.2) is 15.0 Å². The van der Waals surface area contributed by atoms with E-state index in [1.807, 2.05) is 0 Å². The molecular weight excluding hydrogens is 379 g/mol. The fourth-order valence-electron chi connectivity index (χ4n) is 1.29. The van der Waals surface area contributed by atoms with Gasteiger partial charge in [0.05, 0.1) is 20.9 Å². The number of hydrogen-bond donors (Lipinski definition) is 1. The quantitative estimate of drug-likeness (QED) is 0.639. The molecule has 1 aromatic carbocycles. The second kappa shape index (κ2) is 6.00. The molecule has 0 fully saturated rings. The lowest BCUT2D eigenvalue weighted by Gasteiger charge is -2.04. The topological polar surface area (TPSA) is 85.5 Å². The Morgan fingerprint density at radius 3 is 2.85 bits per heavy atom. The highest BCUT2D eigenvalue weighted by Gasteiger charge is 2.21. The first kappa shape index (κ1) is 15.1. The van der Waals surface area contributed by atoms with E-state index >= 15 is 0 Å². The van der Waals surface area contributed by atoms with Gasteiger partial charge in [-0.15, -0.1) is 0 Å². The van der Waals surface area contributed by atoms with E-state index in [0.717, 1.165) is 23.5 Å². The maximum absolute atomic E-state index is 13.4. The van der Waals surface area contributed by atoms with Crippen molar-refractivity contribution in [3.63, 3.8) is 0 Å². The van der Waals surface area contributed by atoms with Gasteiger partial charge >= 0.3 is 5.69 Å². The first-order valence-corrected chi connectivity index (χ1v) is 6.98. The van der Waals surface area contributed by atoms with Gasteiger partial charge in [0.1, 0.15) is 11.0 Å². The van der Waals surface area contributed by atoms with Crippen molar-refractivity contribution in [3.05, 3.63) is 42.6 Å². The Balaban J connectivity index is 2.41. The van der Waals surface area contributed by atoms with Crippen LogP contribution in [0.25, 0.3) is 0 Å². The second-order valence-corrected chi connectivity index (χ2v) is 5.70. The summed E-state index contributed by atoms with van der Waals surface area (Å²) in [5.41, 5.74) is -0.421. The third-order valence-corrected chi connectivity index (χ3v) is 4.12. The zero-order chi connectivity index (χ0) is 14.9. The number of aliphatic hydroxyl groups excluding tert-OH is 1. The maximum Gasteiger partial charge on any atom is 0.313 e. The van der Waals surface area contributed by atoms with Crippen LogP contribution in [0.4, 0.5) is 10.1 Å². The Bertz CT molecular complexity index is 682. The average Bonchev–Trinajstić information content (AvgIpc) is 2.73. The minimum Gasteiger partial charge on any atom is -0.423 e. The number of hydrogen-bond acceptors (Lipinski definition) is 6. The Labute approximate surface area is 129 Å². The molecule has 6 nitrogen and oxygen atoms in total. The van der Waals surface area contributed by atoms with E-state index in [0.29, 0.717) is 4.88 Å². The van der Waals surface area contributed by atoms with Crippen LogP contribution in [0.2, 0.25) is 5.15 Å². The predicted molar refractivity (Wildman–Crippen MR) is 73.9 cm³/mol. The molecule has 20 heavy (non-hydrogen) atoms. The summed E-state index contributed by atoms with van der Waals surface area (Å²) in [4.78, 5) is 14.3. The highest BCUT2D eigenvalue weighted by Crippen LogP contribution is 2.38. The number of aromatic nitrogens is 1. The van der Waals surface area contributed by atoms with Crippen LogP contribution >= 0.6 is 38.9 Å². The summed E-state index contributed by atoms with van der Waals surface area (Å²) in [6.07, 6.45) is 0. The molecule has 0 aliphatic carbocycles. The second-order valence-electron chi connectivity index (χ2n) is 3.45. The Hall–Kier alpha value is -1.29. The van der Waals surface area contributed by atoms with E-state index in [9.17, 15) is 14.5 Å². The minimum absolute atomic E-state index is 0.0242. The van der Waals surface area contributed by atoms with E-state index in [1.54, 1.807) is 0 Å². The molecule has 0 saturated heterocycles. The third kappa shape index (κ3) is 3.06. The highest BCUT2D eigenvalue weighted by molar-refractivity contribution is 9.10. The van der Waals surface area contributed by atoms with Crippen molar-refractivity contribution >= 4 is 44.6 Å². The Kier molecular flexibility index (Phi) is 4.53. The van der Waals surface area contributed by atoms with Gasteiger partial charge in [0.15, 0.2) is 0 Å². The first-order valence-electron chi connectivity index (χ1n) is 4.99. The molecule has 2 aromatic rings. The Morgan fingerprint density at radius 1 is 1.60 bits per heavy atom. The molecule has 0 saturated carbocycles. The van der Waals surface area contributed by atoms with Gasteiger partial charge in [-0.2, -0.15) is 4.98 Å². The fourth-order valence-corrected chi connectivity index (χ4v) is 2.60. The number of rotatable bonds is 4. The van der Waals surface area contributed by atoms with Crippen molar-refractivity contribution in [2.45, 2.75) is 6.61 Å². The highest BCUT2D eigenvalue weighted by atomic mass is 79.9. The molecule has 0 bridgehead atoms. The van der Waals surface area contributed by atoms with Crippen molar-refractivity contribution in [3.8, 4) is 10.9 Å². The van der Waals surface area contributed by atoms with Crippen molar-refractivity contribution in [1.82, 2.24) is 4.98 Å². The summed E-state index contributed by atoms with van der Waals surface area (Å²) in [6, 6.07) is 1.86. The molecule has 0 aliphatic rings. The standard InChI is InChI=1S/C10H5BrClFN2O4S/c11-4-1-6(15(17)18)7(2-5(4)13)19-10-14-9(12)8(3-16)20-10/h1-2,16H,3H2. The maximum atomic E-state index is 13.4. The Morgan fingerprint density at radius 2 is 2.30 bits per heavy atom. The largest absolute Gasteiger partial charge is 0.423 e. The van der Waals surface area contributed by atoms with E-state index in [2.05, 4.69) is 20.9 Å². The van der Waals surface area contributed by atoms with Gasteiger partial charge in [0, 0.05) is 12.1 Å². The lowest BCUT2D eigenvalue weighted by Crippen LogP contribution is -1.95. The van der Waals surface area contributed by atoms with Gasteiger partial charge in [-0.05, 0) is 15.9 Å². The van der Waals surface area contributed by atoms with Crippen molar-refractivity contribution in [2.24, 2.45) is 0 Å². The van der Waals surface area contributed by atoms with Crippen LogP contribution in [0.15, 0.2) is 16.6 Å². The number of nitro groups is 1. The average molecular weight is 384 g/mol. The van der Waals surface area contributed by atoms with Crippen molar-refractivity contribution in [1.29, 1.82) is 0 Å². The molecule has 0 spiro atoms. The van der Waals surface area contributed by atoms with Gasteiger partial charge < -0.3 is 9.84 Å². The third-order valence-electron chi connectivity index (χ3n) is 2.17. The fraction of sp³-hybridized carbons (Fsp3) is 0.100. The zero-order valence-electron chi connectivity index (χ0n) is 9.47. The monoisotopic (exact) mass is 382 g/mol. The number of aliphatic hydroxyl groups is 1. The number of benzene rings is 1. The summed E-state index contributed by atoms with van der Waals surface area (Å²) in [5.74, 6) is -1.01. The van der Waals surface area contributed by atoms with E-state index in [1.165, 1.54) is 0 Å². The molecule has 0 radical (unpaired) electrons. The van der Waals surface area contributed by atoms with Gasteiger partial charge in [0.2, 0.25) is 5.75 Å². The number of halogens is 3. The molecule has 0 aliphatic heterocycles. The molecule has 1 N–H and O–H groups in total. The van der Waals surface area contributed by atoms with Crippen molar-refractivity contribution in [2.75, 3.05) is 0 Å². The van der Waals surface area contributed by atoms with Gasteiger partial charge in [-0.3, -0.25) is 10.1 Å². The van der Waals surface area contributed by atoms with E-state index < -0.39 is 16.4 Å². The smallest absolute Gasteiger partial charge is 0.313 e. The van der Waals surface area contributed by atoms with Gasteiger partial charge in [-0.1, -0.05) is 22.9 Å². The number of thiazole rings is 1. The SMILES string of the molecule is O=[N+]([O-])c1cc(Br)c(F)cc1Oc1nc(Cl)c(CO)s1. The molecular formula is C10H5BrClFN2O4S. The molecule has 10 heteroatoms. The number of nitrogens with zero attached hydrogens (tertiary/aromatic N) is 2.